The minimum atomic E-state index is -0.345. The number of nitrogens with zero attached hydrogens (tertiary/aromatic N) is 3. The van der Waals surface area contributed by atoms with Gasteiger partial charge in [-0.05, 0) is 29.8 Å². The first-order chi connectivity index (χ1) is 11.1. The molecule has 1 aliphatic heterocycles. The fourth-order valence-corrected chi connectivity index (χ4v) is 2.88. The molecular weight excluding hydrogens is 292 g/mol. The van der Waals surface area contributed by atoms with Crippen LogP contribution in [0.15, 0.2) is 48.5 Å². The van der Waals surface area contributed by atoms with Gasteiger partial charge >= 0.3 is 0 Å². The number of anilines is 2. The second kappa shape index (κ2) is 6.66. The van der Waals surface area contributed by atoms with E-state index >= 15 is 0 Å². The lowest BCUT2D eigenvalue weighted by Crippen LogP contribution is -2.45. The van der Waals surface area contributed by atoms with Gasteiger partial charge in [-0.15, -0.1) is 0 Å². The lowest BCUT2D eigenvalue weighted by atomic mass is 10.1. The van der Waals surface area contributed by atoms with E-state index in [0.717, 1.165) is 44.0 Å². The Hall–Kier alpha value is -2.60. The minimum Gasteiger partial charge on any atom is -0.399 e. The summed E-state index contributed by atoms with van der Waals surface area (Å²) in [7, 11) is 0. The summed E-state index contributed by atoms with van der Waals surface area (Å²) in [5.74, 6) is 0. The molecule has 0 spiro atoms. The summed E-state index contributed by atoms with van der Waals surface area (Å²) in [5, 5.41) is 10.8. The fraction of sp³-hybridized carbons (Fsp3) is 0.294. The van der Waals surface area contributed by atoms with Gasteiger partial charge in [-0.25, -0.2) is 0 Å². The van der Waals surface area contributed by atoms with E-state index in [-0.39, 0.29) is 10.6 Å². The Morgan fingerprint density at radius 2 is 1.74 bits per heavy atom. The van der Waals surface area contributed by atoms with Crippen LogP contribution in [0.2, 0.25) is 0 Å². The Bertz CT molecular complexity index is 679. The molecule has 0 radical (unpaired) electrons. The van der Waals surface area contributed by atoms with Gasteiger partial charge < -0.3 is 10.6 Å². The molecule has 3 rings (SSSR count). The molecule has 0 unspecified atom stereocenters. The van der Waals surface area contributed by atoms with Gasteiger partial charge in [0.05, 0.1) is 4.92 Å². The molecule has 0 bridgehead atoms. The molecule has 6 heteroatoms. The highest BCUT2D eigenvalue weighted by molar-refractivity contribution is 5.53. The van der Waals surface area contributed by atoms with Crippen LogP contribution in [-0.2, 0) is 6.54 Å². The first kappa shape index (κ1) is 15.3. The van der Waals surface area contributed by atoms with Gasteiger partial charge in [-0.2, -0.15) is 0 Å². The van der Waals surface area contributed by atoms with Gasteiger partial charge in [-0.1, -0.05) is 12.1 Å². The zero-order chi connectivity index (χ0) is 16.2. The smallest absolute Gasteiger partial charge is 0.269 e. The molecule has 1 saturated heterocycles. The molecule has 0 aromatic heterocycles. The molecule has 0 atom stereocenters. The molecule has 6 nitrogen and oxygen atoms in total. The van der Waals surface area contributed by atoms with Crippen LogP contribution in [0.25, 0.3) is 0 Å². The topological polar surface area (TPSA) is 75.6 Å². The molecule has 0 saturated carbocycles. The first-order valence-corrected chi connectivity index (χ1v) is 7.68. The zero-order valence-electron chi connectivity index (χ0n) is 12.9. The second-order valence-electron chi connectivity index (χ2n) is 5.78. The van der Waals surface area contributed by atoms with Crippen molar-refractivity contribution < 1.29 is 4.92 Å². The van der Waals surface area contributed by atoms with Crippen LogP contribution in [0.4, 0.5) is 17.1 Å². The van der Waals surface area contributed by atoms with Crippen molar-refractivity contribution in [1.29, 1.82) is 0 Å². The monoisotopic (exact) mass is 312 g/mol. The van der Waals surface area contributed by atoms with Crippen LogP contribution in [-0.4, -0.2) is 36.0 Å². The number of hydrogen-bond donors (Lipinski definition) is 1. The molecule has 2 aromatic carbocycles. The number of nitrogen functional groups attached to an aromatic ring is 1. The van der Waals surface area contributed by atoms with Crippen molar-refractivity contribution in [2.45, 2.75) is 6.54 Å². The summed E-state index contributed by atoms with van der Waals surface area (Å²) in [6.45, 7) is 4.51. The Balaban J connectivity index is 1.58. The van der Waals surface area contributed by atoms with E-state index in [0.29, 0.717) is 0 Å². The van der Waals surface area contributed by atoms with Crippen molar-refractivity contribution in [3.63, 3.8) is 0 Å². The summed E-state index contributed by atoms with van der Waals surface area (Å²) in [6.07, 6.45) is 0. The lowest BCUT2D eigenvalue weighted by Gasteiger charge is -2.36. The maximum atomic E-state index is 10.8. The number of hydrogen-bond acceptors (Lipinski definition) is 5. The SMILES string of the molecule is Nc1ccc(N2CCN(Cc3cccc([N+](=O)[O-])c3)CC2)cc1. The van der Waals surface area contributed by atoms with Crippen molar-refractivity contribution in [3.05, 3.63) is 64.2 Å². The average molecular weight is 312 g/mol. The van der Waals surface area contributed by atoms with Crippen LogP contribution in [0.1, 0.15) is 5.56 Å². The summed E-state index contributed by atoms with van der Waals surface area (Å²) < 4.78 is 0. The number of benzene rings is 2. The van der Waals surface area contributed by atoms with E-state index in [4.69, 9.17) is 5.73 Å². The van der Waals surface area contributed by atoms with Gasteiger partial charge in [0.25, 0.3) is 5.69 Å². The molecule has 0 amide bonds. The third kappa shape index (κ3) is 3.78. The average Bonchev–Trinajstić information content (AvgIpc) is 2.57. The van der Waals surface area contributed by atoms with Crippen LogP contribution >= 0.6 is 0 Å². The van der Waals surface area contributed by atoms with Crippen LogP contribution in [0.3, 0.4) is 0 Å². The highest BCUT2D eigenvalue weighted by Crippen LogP contribution is 2.20. The Morgan fingerprint density at radius 3 is 2.39 bits per heavy atom. The van der Waals surface area contributed by atoms with E-state index in [1.54, 1.807) is 12.1 Å². The molecule has 1 aliphatic rings. The summed E-state index contributed by atoms with van der Waals surface area (Å²) in [6, 6.07) is 14.8. The minimum absolute atomic E-state index is 0.156. The molecule has 1 fully saturated rings. The van der Waals surface area contributed by atoms with Crippen molar-refractivity contribution in [2.24, 2.45) is 0 Å². The first-order valence-electron chi connectivity index (χ1n) is 7.68. The van der Waals surface area contributed by atoms with E-state index in [1.165, 1.54) is 11.8 Å². The number of rotatable bonds is 4. The van der Waals surface area contributed by atoms with Crippen molar-refractivity contribution in [3.8, 4) is 0 Å². The standard InChI is InChI=1S/C17H20N4O2/c18-15-4-6-16(7-5-15)20-10-8-19(9-11-20)13-14-2-1-3-17(12-14)21(22)23/h1-7,12H,8-11,13,18H2. The lowest BCUT2D eigenvalue weighted by molar-refractivity contribution is -0.384. The molecule has 120 valence electrons. The van der Waals surface area contributed by atoms with Crippen LogP contribution in [0.5, 0.6) is 0 Å². The van der Waals surface area contributed by atoms with Crippen molar-refractivity contribution in [2.75, 3.05) is 36.8 Å². The summed E-state index contributed by atoms with van der Waals surface area (Å²) in [5.41, 5.74) is 8.83. The van der Waals surface area contributed by atoms with Gasteiger partial charge in [0.15, 0.2) is 0 Å². The maximum absolute atomic E-state index is 10.8. The normalized spacial score (nSPS) is 15.6. The second-order valence-corrected chi connectivity index (χ2v) is 5.78. The summed E-state index contributed by atoms with van der Waals surface area (Å²) in [4.78, 5) is 15.2. The van der Waals surface area contributed by atoms with Crippen LogP contribution in [0, 0.1) is 10.1 Å². The van der Waals surface area contributed by atoms with E-state index in [1.807, 2.05) is 30.3 Å². The van der Waals surface area contributed by atoms with Crippen LogP contribution < -0.4 is 10.6 Å². The van der Waals surface area contributed by atoms with Crippen molar-refractivity contribution >= 4 is 17.1 Å². The molecule has 0 aliphatic carbocycles. The molecule has 23 heavy (non-hydrogen) atoms. The predicted octanol–water partition coefficient (Wildman–Crippen LogP) is 2.50. The molecule has 1 heterocycles. The predicted molar refractivity (Wildman–Crippen MR) is 91.4 cm³/mol. The zero-order valence-corrected chi connectivity index (χ0v) is 12.9. The number of nitrogens with two attached hydrogens (primary N) is 1. The molecule has 2 N–H and O–H groups in total. The number of non-ortho nitro benzene ring substituents is 1. The van der Waals surface area contributed by atoms with Gasteiger partial charge in [0.2, 0.25) is 0 Å². The fourth-order valence-electron chi connectivity index (χ4n) is 2.88. The largest absolute Gasteiger partial charge is 0.399 e. The number of piperazine rings is 1. The van der Waals surface area contributed by atoms with E-state index in [2.05, 4.69) is 9.80 Å². The van der Waals surface area contributed by atoms with E-state index < -0.39 is 0 Å². The third-order valence-corrected chi connectivity index (χ3v) is 4.16. The van der Waals surface area contributed by atoms with Gasteiger partial charge in [0.1, 0.15) is 0 Å². The highest BCUT2D eigenvalue weighted by atomic mass is 16.6. The Labute approximate surface area is 135 Å². The quantitative estimate of drug-likeness (QED) is 0.533. The Morgan fingerprint density at radius 1 is 1.04 bits per heavy atom. The Kier molecular flexibility index (Phi) is 4.43. The van der Waals surface area contributed by atoms with Gasteiger partial charge in [-0.3, -0.25) is 15.0 Å². The summed E-state index contributed by atoms with van der Waals surface area (Å²) >= 11 is 0. The number of nitro groups is 1. The van der Waals surface area contributed by atoms with Gasteiger partial charge in [0, 0.05) is 56.2 Å². The highest BCUT2D eigenvalue weighted by Gasteiger charge is 2.18. The molecular formula is C17H20N4O2. The van der Waals surface area contributed by atoms with Crippen molar-refractivity contribution in [1.82, 2.24) is 4.90 Å². The number of nitro benzene ring substituents is 1. The molecule has 2 aromatic rings. The van der Waals surface area contributed by atoms with E-state index in [9.17, 15) is 10.1 Å². The maximum Gasteiger partial charge on any atom is 0.269 e. The third-order valence-electron chi connectivity index (χ3n) is 4.16.